The van der Waals surface area contributed by atoms with Crippen LogP contribution in [0.15, 0.2) is 162 Å². The first kappa shape index (κ1) is 40.7. The Balaban J connectivity index is 1.59. The van der Waals surface area contributed by atoms with Crippen molar-refractivity contribution in [1.82, 2.24) is 0 Å². The number of rotatable bonds is 15. The van der Waals surface area contributed by atoms with E-state index in [1.165, 1.54) is 98.0 Å². The minimum atomic E-state index is -4.36. The average molecular weight is 794 g/mol. The van der Waals surface area contributed by atoms with Crippen molar-refractivity contribution in [3.63, 3.8) is 0 Å². The molecule has 1 aliphatic rings. The van der Waals surface area contributed by atoms with Crippen LogP contribution >= 0.6 is 21.4 Å². The Morgan fingerprint density at radius 1 is 0.755 bits per heavy atom. The SMILES string of the molecule is C=C\C(=C/C=C(\C=C\S(=O)(=O)Cl)C(=O)c1ccc(OC2=CC(C)(S(=O)(=O)Cl)C=C(C(=O)c3ccc(C(=O)c4ccccc4)cc3)C=C2)cc1)OC(C)C. The van der Waals surface area contributed by atoms with Gasteiger partial charge in [-0.2, -0.15) is 0 Å². The summed E-state index contributed by atoms with van der Waals surface area (Å²) in [5.74, 6) is -0.722. The van der Waals surface area contributed by atoms with Crippen molar-refractivity contribution in [3.05, 3.63) is 184 Å². The molecule has 3 aromatic rings. The summed E-state index contributed by atoms with van der Waals surface area (Å²) in [7, 11) is 2.78. The lowest BCUT2D eigenvalue weighted by molar-refractivity contribution is 0.102. The fraction of sp³-hybridized carbons (Fsp3) is 0.125. The highest BCUT2D eigenvalue weighted by Gasteiger charge is 2.37. The minimum absolute atomic E-state index is 0.00782. The number of Topliss-reactive ketones (excluding diaryl/α,β-unsaturated/α-hetero) is 2. The van der Waals surface area contributed by atoms with Crippen molar-refractivity contribution in [2.75, 3.05) is 0 Å². The van der Waals surface area contributed by atoms with E-state index >= 15 is 0 Å². The minimum Gasteiger partial charge on any atom is -0.491 e. The second-order valence-electron chi connectivity index (χ2n) is 12.0. The van der Waals surface area contributed by atoms with Gasteiger partial charge in [-0.1, -0.05) is 61.2 Å². The van der Waals surface area contributed by atoms with Gasteiger partial charge in [0.1, 0.15) is 22.0 Å². The van der Waals surface area contributed by atoms with Crippen LogP contribution in [0.5, 0.6) is 5.75 Å². The zero-order valence-electron chi connectivity index (χ0n) is 28.7. The summed E-state index contributed by atoms with van der Waals surface area (Å²) >= 11 is 0. The van der Waals surface area contributed by atoms with E-state index in [4.69, 9.17) is 30.8 Å². The summed E-state index contributed by atoms with van der Waals surface area (Å²) in [5, 5.41) is 0.683. The number of halogens is 2. The Bertz CT molecular complexity index is 2320. The standard InChI is InChI=1S/C40H34Cl2O9S2/c1-5-34(50-27(2)3)19-15-32(23-24-52(41,46)47)38(44)31-16-20-35(21-17-31)51-36-22-18-33(25-40(4,26-36)53(42,48)49)39(45)30-13-11-29(12-14-30)37(43)28-9-7-6-8-10-28/h5-27H,1H2,2-4H3/b24-23+,32-15+,34-19+. The largest absolute Gasteiger partial charge is 0.491 e. The van der Waals surface area contributed by atoms with Gasteiger partial charge in [0, 0.05) is 60.2 Å². The summed E-state index contributed by atoms with van der Waals surface area (Å²) in [5.41, 5.74) is 1.20. The summed E-state index contributed by atoms with van der Waals surface area (Å²) < 4.78 is 58.5. The molecule has 3 aromatic carbocycles. The number of ether oxygens (including phenoxy) is 2. The van der Waals surface area contributed by atoms with Gasteiger partial charge in [-0.15, -0.1) is 0 Å². The van der Waals surface area contributed by atoms with Gasteiger partial charge in [-0.3, -0.25) is 14.4 Å². The van der Waals surface area contributed by atoms with Gasteiger partial charge in [0.15, 0.2) is 17.3 Å². The third-order valence-corrected chi connectivity index (χ3v) is 10.6. The van der Waals surface area contributed by atoms with Crippen LogP contribution in [0.3, 0.4) is 0 Å². The fourth-order valence-corrected chi connectivity index (χ4v) is 6.14. The van der Waals surface area contributed by atoms with Gasteiger partial charge in [0.25, 0.3) is 9.05 Å². The number of ketones is 3. The van der Waals surface area contributed by atoms with E-state index in [0.29, 0.717) is 22.3 Å². The molecule has 0 saturated carbocycles. The molecule has 0 spiro atoms. The zero-order chi connectivity index (χ0) is 39.0. The molecule has 9 nitrogen and oxygen atoms in total. The second-order valence-corrected chi connectivity index (χ2v) is 17.5. The van der Waals surface area contributed by atoms with Crippen LogP contribution in [0.1, 0.15) is 57.4 Å². The van der Waals surface area contributed by atoms with Crippen LogP contribution in [0.2, 0.25) is 0 Å². The van der Waals surface area contributed by atoms with Crippen LogP contribution in [0.25, 0.3) is 0 Å². The van der Waals surface area contributed by atoms with E-state index in [9.17, 15) is 31.2 Å². The molecule has 0 bridgehead atoms. The van der Waals surface area contributed by atoms with E-state index in [-0.39, 0.29) is 45.7 Å². The van der Waals surface area contributed by atoms with E-state index in [2.05, 4.69) is 6.58 Å². The predicted octanol–water partition coefficient (Wildman–Crippen LogP) is 8.57. The number of benzene rings is 3. The summed E-state index contributed by atoms with van der Waals surface area (Å²) in [4.78, 5) is 39.8. The lowest BCUT2D eigenvalue weighted by Crippen LogP contribution is -2.28. The summed E-state index contributed by atoms with van der Waals surface area (Å²) in [6, 6.07) is 20.4. The van der Waals surface area contributed by atoms with Crippen LogP contribution in [-0.2, 0) is 22.8 Å². The summed E-state index contributed by atoms with van der Waals surface area (Å²) in [6.07, 6.45) is 10.4. The molecule has 0 aliphatic heterocycles. The third kappa shape index (κ3) is 11.2. The van der Waals surface area contributed by atoms with E-state index < -0.39 is 34.4 Å². The van der Waals surface area contributed by atoms with Crippen molar-refractivity contribution >= 4 is 56.8 Å². The topological polar surface area (TPSA) is 138 Å². The Labute approximate surface area is 317 Å². The third-order valence-electron chi connectivity index (χ3n) is 7.56. The number of allylic oxidation sites excluding steroid dienone is 8. The summed E-state index contributed by atoms with van der Waals surface area (Å²) in [6.45, 7) is 8.59. The lowest BCUT2D eigenvalue weighted by Gasteiger charge is -2.19. The van der Waals surface area contributed by atoms with Gasteiger partial charge in [0.05, 0.1) is 6.10 Å². The molecule has 1 aliphatic carbocycles. The quantitative estimate of drug-likeness (QED) is 0.0487. The molecule has 1 unspecified atom stereocenters. The van der Waals surface area contributed by atoms with Crippen LogP contribution in [-0.4, -0.2) is 45.0 Å². The van der Waals surface area contributed by atoms with Crippen LogP contribution in [0.4, 0.5) is 0 Å². The molecule has 0 N–H and O–H groups in total. The normalized spacial score (nSPS) is 16.8. The van der Waals surface area contributed by atoms with Gasteiger partial charge in [-0.05, 0) is 93.6 Å². The molecule has 0 heterocycles. The highest BCUT2D eigenvalue weighted by atomic mass is 35.7. The predicted molar refractivity (Wildman–Crippen MR) is 207 cm³/mol. The van der Waals surface area contributed by atoms with Crippen molar-refractivity contribution in [2.45, 2.75) is 31.6 Å². The molecule has 4 rings (SSSR count). The van der Waals surface area contributed by atoms with Gasteiger partial charge < -0.3 is 9.47 Å². The molecule has 0 amide bonds. The number of hydrogen-bond acceptors (Lipinski definition) is 9. The Morgan fingerprint density at radius 2 is 1.32 bits per heavy atom. The molecule has 0 radical (unpaired) electrons. The Kier molecular flexibility index (Phi) is 13.2. The van der Waals surface area contributed by atoms with Crippen LogP contribution < -0.4 is 4.74 Å². The maximum Gasteiger partial charge on any atom is 0.254 e. The molecular weight excluding hydrogens is 759 g/mol. The van der Waals surface area contributed by atoms with E-state index in [1.807, 2.05) is 0 Å². The molecular formula is C40H34Cl2O9S2. The van der Waals surface area contributed by atoms with Crippen molar-refractivity contribution in [1.29, 1.82) is 0 Å². The lowest BCUT2D eigenvalue weighted by atomic mass is 9.97. The van der Waals surface area contributed by atoms with Crippen LogP contribution in [0, 0.1) is 0 Å². The number of carbonyl (C=O) groups excluding carboxylic acids is 3. The number of hydrogen-bond donors (Lipinski definition) is 0. The smallest absolute Gasteiger partial charge is 0.254 e. The highest BCUT2D eigenvalue weighted by Crippen LogP contribution is 2.32. The average Bonchev–Trinajstić information content (AvgIpc) is 3.29. The monoisotopic (exact) mass is 792 g/mol. The first-order valence-corrected chi connectivity index (χ1v) is 20.6. The molecule has 274 valence electrons. The first-order chi connectivity index (χ1) is 24.9. The molecule has 13 heteroatoms. The second kappa shape index (κ2) is 17.2. The zero-order valence-corrected chi connectivity index (χ0v) is 31.9. The molecule has 0 fully saturated rings. The molecule has 0 saturated heterocycles. The van der Waals surface area contributed by atoms with Gasteiger partial charge >= 0.3 is 0 Å². The Hall–Kier alpha value is -5.07. The maximum absolute atomic E-state index is 13.6. The maximum atomic E-state index is 13.6. The van der Waals surface area contributed by atoms with Gasteiger partial charge in [-0.25, -0.2) is 16.8 Å². The van der Waals surface area contributed by atoms with Crippen molar-refractivity contribution in [3.8, 4) is 5.75 Å². The fourth-order valence-electron chi connectivity index (χ4n) is 4.88. The molecule has 1 atom stereocenters. The molecule has 53 heavy (non-hydrogen) atoms. The van der Waals surface area contributed by atoms with Crippen molar-refractivity contribution in [2.24, 2.45) is 0 Å². The van der Waals surface area contributed by atoms with Gasteiger partial charge in [0.2, 0.25) is 9.05 Å². The number of carbonyl (C=O) groups is 3. The van der Waals surface area contributed by atoms with Crippen molar-refractivity contribution < 1.29 is 40.7 Å². The molecule has 0 aromatic heterocycles. The highest BCUT2D eigenvalue weighted by molar-refractivity contribution is 8.16. The Morgan fingerprint density at radius 3 is 1.87 bits per heavy atom. The van der Waals surface area contributed by atoms with E-state index in [1.54, 1.807) is 44.2 Å². The first-order valence-electron chi connectivity index (χ1n) is 15.9. The van der Waals surface area contributed by atoms with E-state index in [0.717, 1.165) is 6.08 Å².